The topological polar surface area (TPSA) is 20.3 Å². The average molecular weight is 229 g/mol. The molecule has 1 saturated carbocycles. The molecule has 0 aliphatic heterocycles. The number of hydrogen-bond donors (Lipinski definition) is 0. The zero-order valence-corrected chi connectivity index (χ0v) is 8.37. The van der Waals surface area contributed by atoms with Gasteiger partial charge in [-0.1, -0.05) is 18.2 Å². The maximum atomic E-state index is 12.7. The largest absolute Gasteiger partial charge is 0.491 e. The van der Waals surface area contributed by atoms with Gasteiger partial charge in [-0.2, -0.15) is 0 Å². The van der Waals surface area contributed by atoms with Crippen LogP contribution in [0.3, 0.4) is 0 Å². The zero-order chi connectivity index (χ0) is 11.8. The van der Waals surface area contributed by atoms with Gasteiger partial charge in [-0.15, -0.1) is 13.2 Å². The van der Waals surface area contributed by atoms with Crippen LogP contribution in [0.1, 0.15) is 12.8 Å². The van der Waals surface area contributed by atoms with Crippen molar-refractivity contribution in [3.63, 3.8) is 0 Å². The minimum absolute atomic E-state index is 0.0648. The lowest BCUT2D eigenvalue weighted by Gasteiger charge is -2.24. The summed E-state index contributed by atoms with van der Waals surface area (Å²) in [4.78, 5) is 11.5. The first kappa shape index (κ1) is 11.0. The quantitative estimate of drug-likeness (QED) is 0.714. The number of benzene rings is 1. The monoisotopic (exact) mass is 229 g/mol. The Morgan fingerprint density at radius 1 is 1.19 bits per heavy atom. The summed E-state index contributed by atoms with van der Waals surface area (Å²) in [6.07, 6.45) is -3.54. The van der Waals surface area contributed by atoms with Crippen molar-refractivity contribution >= 4 is 11.6 Å². The van der Waals surface area contributed by atoms with Crippen LogP contribution in [0.15, 0.2) is 30.3 Å². The molecular formula is C11H10F3NO. The van der Waals surface area contributed by atoms with Crippen molar-refractivity contribution < 1.29 is 18.0 Å². The Hall–Kier alpha value is -1.52. The third-order valence-electron chi connectivity index (χ3n) is 2.41. The van der Waals surface area contributed by atoms with Gasteiger partial charge in [-0.05, 0) is 25.0 Å². The highest BCUT2D eigenvalue weighted by Gasteiger charge is 2.47. The number of hydrogen-bond acceptors (Lipinski definition) is 1. The molecule has 1 aliphatic rings. The summed E-state index contributed by atoms with van der Waals surface area (Å²) in [7, 11) is 0. The summed E-state index contributed by atoms with van der Waals surface area (Å²) in [6.45, 7) is 0. The van der Waals surface area contributed by atoms with Crippen molar-refractivity contribution in [1.82, 2.24) is 0 Å². The van der Waals surface area contributed by atoms with Crippen molar-refractivity contribution in [3.8, 4) is 0 Å². The normalized spacial score (nSPS) is 15.9. The molecule has 0 atom stereocenters. The molecule has 1 aromatic carbocycles. The number of anilines is 1. The van der Waals surface area contributed by atoms with E-state index in [-0.39, 0.29) is 10.6 Å². The van der Waals surface area contributed by atoms with Crippen molar-refractivity contribution in [2.24, 2.45) is 5.92 Å². The molecule has 0 radical (unpaired) electrons. The Labute approximate surface area is 90.7 Å². The maximum absolute atomic E-state index is 12.7. The zero-order valence-electron chi connectivity index (χ0n) is 8.37. The van der Waals surface area contributed by atoms with E-state index >= 15 is 0 Å². The van der Waals surface area contributed by atoms with E-state index in [1.807, 2.05) is 0 Å². The number of halogens is 3. The first-order chi connectivity index (χ1) is 7.50. The number of amides is 1. The van der Waals surface area contributed by atoms with Gasteiger partial charge >= 0.3 is 6.30 Å². The van der Waals surface area contributed by atoms with Crippen LogP contribution >= 0.6 is 0 Å². The van der Waals surface area contributed by atoms with Crippen LogP contribution in [0.2, 0.25) is 0 Å². The minimum atomic E-state index is -4.65. The Bertz CT molecular complexity index is 384. The number of para-hydroxylation sites is 1. The van der Waals surface area contributed by atoms with Crippen molar-refractivity contribution in [3.05, 3.63) is 30.3 Å². The van der Waals surface area contributed by atoms with Crippen LogP contribution in [0.5, 0.6) is 0 Å². The van der Waals surface area contributed by atoms with Gasteiger partial charge in [0.2, 0.25) is 5.91 Å². The number of carbonyl (C=O) groups is 1. The van der Waals surface area contributed by atoms with Gasteiger partial charge in [-0.25, -0.2) is 4.90 Å². The fraction of sp³-hybridized carbons (Fsp3) is 0.364. The van der Waals surface area contributed by atoms with E-state index in [9.17, 15) is 18.0 Å². The highest BCUT2D eigenvalue weighted by Crippen LogP contribution is 2.37. The van der Waals surface area contributed by atoms with Gasteiger partial charge < -0.3 is 0 Å². The third-order valence-corrected chi connectivity index (χ3v) is 2.41. The molecular weight excluding hydrogens is 219 g/mol. The van der Waals surface area contributed by atoms with Crippen LogP contribution in [-0.2, 0) is 4.79 Å². The predicted molar refractivity (Wildman–Crippen MR) is 52.7 cm³/mol. The van der Waals surface area contributed by atoms with E-state index in [0.29, 0.717) is 12.8 Å². The number of rotatable bonds is 2. The SMILES string of the molecule is O=C(C1CC1)N(c1ccccc1)C(F)(F)F. The molecule has 0 bridgehead atoms. The van der Waals surface area contributed by atoms with E-state index in [2.05, 4.69) is 0 Å². The molecule has 2 nitrogen and oxygen atoms in total. The Morgan fingerprint density at radius 3 is 2.19 bits per heavy atom. The van der Waals surface area contributed by atoms with Gasteiger partial charge in [0, 0.05) is 5.92 Å². The lowest BCUT2D eigenvalue weighted by molar-refractivity contribution is -0.150. The number of carbonyl (C=O) groups excluding carboxylic acids is 1. The molecule has 1 aliphatic carbocycles. The second-order valence-electron chi connectivity index (χ2n) is 3.75. The van der Waals surface area contributed by atoms with Crippen LogP contribution < -0.4 is 4.90 Å². The third kappa shape index (κ3) is 2.18. The van der Waals surface area contributed by atoms with Gasteiger partial charge in [0.25, 0.3) is 0 Å². The van der Waals surface area contributed by atoms with Gasteiger partial charge in [-0.3, -0.25) is 4.79 Å². The summed E-state index contributed by atoms with van der Waals surface area (Å²) in [5, 5.41) is 0. The Morgan fingerprint density at radius 2 is 1.75 bits per heavy atom. The van der Waals surface area contributed by atoms with Crippen LogP contribution in [0.4, 0.5) is 18.9 Å². The smallest absolute Gasteiger partial charge is 0.274 e. The standard InChI is InChI=1S/C11H10F3NO/c12-11(13,14)15(10(16)8-6-7-8)9-4-2-1-3-5-9/h1-5,8H,6-7H2. The first-order valence-electron chi connectivity index (χ1n) is 4.96. The summed E-state index contributed by atoms with van der Waals surface area (Å²) in [5.41, 5.74) is -0.119. The molecule has 0 spiro atoms. The highest BCUT2D eigenvalue weighted by molar-refractivity contribution is 5.96. The molecule has 1 fully saturated rings. The molecule has 1 aromatic rings. The summed E-state index contributed by atoms with van der Waals surface area (Å²) in [6, 6.07) is 7.14. The second-order valence-corrected chi connectivity index (χ2v) is 3.75. The van der Waals surface area contributed by atoms with E-state index in [1.54, 1.807) is 6.07 Å². The van der Waals surface area contributed by atoms with Crippen LogP contribution in [0, 0.1) is 5.92 Å². The molecule has 0 aromatic heterocycles. The molecule has 1 amide bonds. The molecule has 0 saturated heterocycles. The summed E-state index contributed by atoms with van der Waals surface area (Å²) in [5.74, 6) is -1.31. The Kier molecular flexibility index (Phi) is 2.61. The van der Waals surface area contributed by atoms with Gasteiger partial charge in [0.05, 0.1) is 5.69 Å². The number of alkyl halides is 3. The fourth-order valence-corrected chi connectivity index (χ4v) is 1.49. The lowest BCUT2D eigenvalue weighted by atomic mass is 10.2. The summed E-state index contributed by atoms with van der Waals surface area (Å²) >= 11 is 0. The lowest BCUT2D eigenvalue weighted by Crippen LogP contribution is -2.43. The molecule has 16 heavy (non-hydrogen) atoms. The van der Waals surface area contributed by atoms with Gasteiger partial charge in [0.15, 0.2) is 0 Å². The Balaban J connectivity index is 2.31. The van der Waals surface area contributed by atoms with Crippen LogP contribution in [0.25, 0.3) is 0 Å². The van der Waals surface area contributed by atoms with E-state index in [0.717, 1.165) is 0 Å². The van der Waals surface area contributed by atoms with E-state index < -0.39 is 18.1 Å². The van der Waals surface area contributed by atoms with Crippen LogP contribution in [-0.4, -0.2) is 12.2 Å². The second kappa shape index (κ2) is 3.81. The van der Waals surface area contributed by atoms with Gasteiger partial charge in [0.1, 0.15) is 0 Å². The van der Waals surface area contributed by atoms with Crippen molar-refractivity contribution in [2.75, 3.05) is 4.90 Å². The maximum Gasteiger partial charge on any atom is 0.491 e. The highest BCUT2D eigenvalue weighted by atomic mass is 19.4. The average Bonchev–Trinajstić information content (AvgIpc) is 3.00. The fourth-order valence-electron chi connectivity index (χ4n) is 1.49. The molecule has 0 unspecified atom stereocenters. The van der Waals surface area contributed by atoms with E-state index in [4.69, 9.17) is 0 Å². The van der Waals surface area contributed by atoms with Crippen molar-refractivity contribution in [2.45, 2.75) is 19.1 Å². The van der Waals surface area contributed by atoms with Crippen molar-refractivity contribution in [1.29, 1.82) is 0 Å². The molecule has 86 valence electrons. The number of nitrogens with zero attached hydrogens (tertiary/aromatic N) is 1. The van der Waals surface area contributed by atoms with E-state index in [1.165, 1.54) is 24.3 Å². The molecule has 2 rings (SSSR count). The summed E-state index contributed by atoms with van der Waals surface area (Å²) < 4.78 is 38.2. The minimum Gasteiger partial charge on any atom is -0.274 e. The molecule has 0 N–H and O–H groups in total. The molecule has 5 heteroatoms. The predicted octanol–water partition coefficient (Wildman–Crippen LogP) is 2.95. The first-order valence-corrected chi connectivity index (χ1v) is 4.96. The molecule has 0 heterocycles.